The van der Waals surface area contributed by atoms with Gasteiger partial charge in [-0.25, -0.2) is 4.98 Å². The van der Waals surface area contributed by atoms with Crippen LogP contribution < -0.4 is 5.56 Å². The number of aromatic nitrogens is 2. The Morgan fingerprint density at radius 1 is 0.783 bits per heavy atom. The van der Waals surface area contributed by atoms with Crippen molar-refractivity contribution in [3.05, 3.63) is 95.4 Å². The van der Waals surface area contributed by atoms with Crippen LogP contribution in [0.25, 0.3) is 27.8 Å². The topological polar surface area (TPSA) is 34.9 Å². The molecular weight excluding hydrogens is 284 g/mol. The normalized spacial score (nSPS) is 10.8. The number of rotatable bonds is 2. The van der Waals surface area contributed by atoms with Crippen LogP contribution in [0.1, 0.15) is 0 Å². The predicted octanol–water partition coefficient (Wildman–Crippen LogP) is 4.05. The second-order valence-corrected chi connectivity index (χ2v) is 5.31. The smallest absolute Gasteiger partial charge is 0.257 e. The maximum absolute atomic E-state index is 12.8. The molecule has 0 bridgehead atoms. The first-order valence-corrected chi connectivity index (χ1v) is 7.46. The Bertz CT molecular complexity index is 1020. The molecule has 110 valence electrons. The Kier molecular flexibility index (Phi) is 3.24. The number of hydrogen-bond acceptors (Lipinski definition) is 2. The van der Waals surface area contributed by atoms with Crippen LogP contribution in [0.3, 0.4) is 0 Å². The molecule has 0 spiro atoms. The molecule has 0 aliphatic heterocycles. The molecule has 0 radical (unpaired) electrons. The average molecular weight is 298 g/mol. The van der Waals surface area contributed by atoms with E-state index in [0.717, 1.165) is 22.2 Å². The predicted molar refractivity (Wildman–Crippen MR) is 92.8 cm³/mol. The fraction of sp³-hybridized carbons (Fsp3) is 0. The summed E-state index contributed by atoms with van der Waals surface area (Å²) in [4.78, 5) is 17.2. The van der Waals surface area contributed by atoms with Crippen LogP contribution in [0.4, 0.5) is 0 Å². The molecule has 2 aromatic carbocycles. The van der Waals surface area contributed by atoms with E-state index in [4.69, 9.17) is 0 Å². The SMILES string of the molecule is O=c1cc(-c2ccccc2)c2cccnc2n1-c1ccccc1. The number of para-hydroxylation sites is 1. The third-order valence-electron chi connectivity index (χ3n) is 3.88. The maximum atomic E-state index is 12.8. The Hall–Kier alpha value is -3.20. The molecule has 2 heterocycles. The number of nitrogens with zero attached hydrogens (tertiary/aromatic N) is 2. The first kappa shape index (κ1) is 13.5. The summed E-state index contributed by atoms with van der Waals surface area (Å²) in [5.41, 5.74) is 3.33. The highest BCUT2D eigenvalue weighted by Crippen LogP contribution is 2.26. The van der Waals surface area contributed by atoms with Gasteiger partial charge < -0.3 is 0 Å². The van der Waals surface area contributed by atoms with E-state index < -0.39 is 0 Å². The van der Waals surface area contributed by atoms with Gasteiger partial charge in [0, 0.05) is 17.6 Å². The maximum Gasteiger partial charge on any atom is 0.257 e. The van der Waals surface area contributed by atoms with E-state index in [2.05, 4.69) is 4.98 Å². The van der Waals surface area contributed by atoms with Crippen LogP contribution in [0.2, 0.25) is 0 Å². The molecular formula is C20H14N2O. The van der Waals surface area contributed by atoms with E-state index >= 15 is 0 Å². The van der Waals surface area contributed by atoms with Crippen LogP contribution in [0.5, 0.6) is 0 Å². The van der Waals surface area contributed by atoms with Crippen LogP contribution in [-0.4, -0.2) is 9.55 Å². The number of fused-ring (bicyclic) bond motifs is 1. The van der Waals surface area contributed by atoms with Gasteiger partial charge in [0.1, 0.15) is 5.65 Å². The molecule has 3 nitrogen and oxygen atoms in total. The van der Waals surface area contributed by atoms with Crippen molar-refractivity contribution in [1.29, 1.82) is 0 Å². The summed E-state index contributed by atoms with van der Waals surface area (Å²) in [6, 6.07) is 25.1. The Morgan fingerprint density at radius 2 is 1.48 bits per heavy atom. The molecule has 0 fully saturated rings. The van der Waals surface area contributed by atoms with Gasteiger partial charge in [0.05, 0.1) is 5.69 Å². The van der Waals surface area contributed by atoms with Gasteiger partial charge in [0.2, 0.25) is 0 Å². The molecule has 23 heavy (non-hydrogen) atoms. The van der Waals surface area contributed by atoms with Crippen LogP contribution >= 0.6 is 0 Å². The van der Waals surface area contributed by atoms with Crippen molar-refractivity contribution < 1.29 is 0 Å². The van der Waals surface area contributed by atoms with Crippen molar-refractivity contribution in [3.8, 4) is 16.8 Å². The van der Waals surface area contributed by atoms with Gasteiger partial charge in [-0.3, -0.25) is 9.36 Å². The number of benzene rings is 2. The fourth-order valence-electron chi connectivity index (χ4n) is 2.84. The molecule has 3 heteroatoms. The minimum absolute atomic E-state index is 0.0822. The molecule has 0 saturated carbocycles. The van der Waals surface area contributed by atoms with Gasteiger partial charge in [-0.15, -0.1) is 0 Å². The molecule has 2 aromatic heterocycles. The molecule has 0 atom stereocenters. The van der Waals surface area contributed by atoms with E-state index in [0.29, 0.717) is 5.65 Å². The van der Waals surface area contributed by atoms with Gasteiger partial charge in [0.25, 0.3) is 5.56 Å². The zero-order valence-corrected chi connectivity index (χ0v) is 12.4. The standard InChI is InChI=1S/C20H14N2O/c23-19-14-18(15-8-3-1-4-9-15)17-12-7-13-21-20(17)22(19)16-10-5-2-6-11-16/h1-14H. The van der Waals surface area contributed by atoms with E-state index in [1.165, 1.54) is 0 Å². The molecule has 4 rings (SSSR count). The lowest BCUT2D eigenvalue weighted by Crippen LogP contribution is -2.19. The quantitative estimate of drug-likeness (QED) is 0.559. The summed E-state index contributed by atoms with van der Waals surface area (Å²) in [7, 11) is 0. The van der Waals surface area contributed by atoms with Crippen molar-refractivity contribution in [1.82, 2.24) is 9.55 Å². The highest BCUT2D eigenvalue weighted by molar-refractivity contribution is 5.93. The van der Waals surface area contributed by atoms with Gasteiger partial charge in [-0.05, 0) is 35.4 Å². The van der Waals surface area contributed by atoms with Crippen LogP contribution in [0.15, 0.2) is 89.9 Å². The lowest BCUT2D eigenvalue weighted by molar-refractivity contribution is 1.02. The fourth-order valence-corrected chi connectivity index (χ4v) is 2.84. The van der Waals surface area contributed by atoms with Crippen molar-refractivity contribution >= 4 is 11.0 Å². The molecule has 0 aliphatic carbocycles. The Labute approximate surface area is 133 Å². The van der Waals surface area contributed by atoms with E-state index in [1.54, 1.807) is 16.8 Å². The van der Waals surface area contributed by atoms with E-state index in [-0.39, 0.29) is 5.56 Å². The van der Waals surface area contributed by atoms with Crippen molar-refractivity contribution in [2.45, 2.75) is 0 Å². The van der Waals surface area contributed by atoms with E-state index in [9.17, 15) is 4.79 Å². The summed E-state index contributed by atoms with van der Waals surface area (Å²) in [5.74, 6) is 0. The molecule has 0 saturated heterocycles. The van der Waals surface area contributed by atoms with Crippen molar-refractivity contribution in [3.63, 3.8) is 0 Å². The van der Waals surface area contributed by atoms with Gasteiger partial charge >= 0.3 is 0 Å². The molecule has 0 N–H and O–H groups in total. The van der Waals surface area contributed by atoms with E-state index in [1.807, 2.05) is 72.8 Å². The van der Waals surface area contributed by atoms with Gasteiger partial charge in [-0.1, -0.05) is 48.5 Å². The minimum atomic E-state index is -0.0822. The summed E-state index contributed by atoms with van der Waals surface area (Å²) in [6.07, 6.45) is 1.72. The molecule has 4 aromatic rings. The zero-order valence-electron chi connectivity index (χ0n) is 12.4. The largest absolute Gasteiger partial charge is 0.269 e. The minimum Gasteiger partial charge on any atom is -0.269 e. The first-order chi connectivity index (χ1) is 11.3. The Morgan fingerprint density at radius 3 is 2.22 bits per heavy atom. The highest BCUT2D eigenvalue weighted by Gasteiger charge is 2.12. The number of pyridine rings is 2. The molecule has 0 unspecified atom stereocenters. The summed E-state index contributed by atoms with van der Waals surface area (Å²) in [6.45, 7) is 0. The van der Waals surface area contributed by atoms with Crippen molar-refractivity contribution in [2.24, 2.45) is 0 Å². The second kappa shape index (κ2) is 5.54. The highest BCUT2D eigenvalue weighted by atomic mass is 16.1. The zero-order chi connectivity index (χ0) is 15.6. The van der Waals surface area contributed by atoms with Crippen LogP contribution in [-0.2, 0) is 0 Å². The lowest BCUT2D eigenvalue weighted by Gasteiger charge is -2.12. The van der Waals surface area contributed by atoms with Gasteiger partial charge in [0.15, 0.2) is 0 Å². The third kappa shape index (κ3) is 2.32. The summed E-state index contributed by atoms with van der Waals surface area (Å²) >= 11 is 0. The number of hydrogen-bond donors (Lipinski definition) is 0. The molecule has 0 aliphatic rings. The third-order valence-corrected chi connectivity index (χ3v) is 3.88. The summed E-state index contributed by atoms with van der Waals surface area (Å²) < 4.78 is 1.65. The Balaban J connectivity index is 2.10. The van der Waals surface area contributed by atoms with Crippen molar-refractivity contribution in [2.75, 3.05) is 0 Å². The monoisotopic (exact) mass is 298 g/mol. The van der Waals surface area contributed by atoms with Gasteiger partial charge in [-0.2, -0.15) is 0 Å². The summed E-state index contributed by atoms with van der Waals surface area (Å²) in [5, 5.41) is 0.960. The average Bonchev–Trinajstić information content (AvgIpc) is 2.62. The molecule has 0 amide bonds. The second-order valence-electron chi connectivity index (χ2n) is 5.31. The lowest BCUT2D eigenvalue weighted by atomic mass is 10.0. The first-order valence-electron chi connectivity index (χ1n) is 7.46. The van der Waals surface area contributed by atoms with Crippen LogP contribution in [0, 0.1) is 0 Å².